The maximum absolute atomic E-state index is 13.7. The molecule has 1 amide bonds. The average molecular weight is 802 g/mol. The van der Waals surface area contributed by atoms with E-state index < -0.39 is 0 Å². The van der Waals surface area contributed by atoms with Gasteiger partial charge in [-0.1, -0.05) is 23.7 Å². The third kappa shape index (κ3) is 9.87. The second-order valence-corrected chi connectivity index (χ2v) is 18.0. The predicted molar refractivity (Wildman–Crippen MR) is 230 cm³/mol. The van der Waals surface area contributed by atoms with Crippen LogP contribution < -0.4 is 15.4 Å². The molecule has 2 saturated heterocycles. The summed E-state index contributed by atoms with van der Waals surface area (Å²) in [6.45, 7) is 9.74. The molecule has 7 rings (SSSR count). The van der Waals surface area contributed by atoms with Crippen molar-refractivity contribution in [2.75, 3.05) is 59.3 Å². The Morgan fingerprint density at radius 3 is 2.55 bits per heavy atom. The Morgan fingerprint density at radius 2 is 1.82 bits per heavy atom. The van der Waals surface area contributed by atoms with Crippen LogP contribution in [0, 0.1) is 18.8 Å². The zero-order valence-electron chi connectivity index (χ0n) is 34.0. The summed E-state index contributed by atoms with van der Waals surface area (Å²) in [6.07, 6.45) is 10.9. The Labute approximate surface area is 342 Å². The third-order valence-electron chi connectivity index (χ3n) is 12.3. The topological polar surface area (TPSA) is 91.9 Å². The fourth-order valence-corrected chi connectivity index (χ4v) is 10.4. The summed E-state index contributed by atoms with van der Waals surface area (Å²) in [7, 11) is 5.90. The number of ether oxygens (including phenoxy) is 2. The van der Waals surface area contributed by atoms with Gasteiger partial charge in [0.2, 0.25) is 5.91 Å². The number of hydrogen-bond acceptors (Lipinski definition) is 9. The normalized spacial score (nSPS) is 20.4. The molecule has 56 heavy (non-hydrogen) atoms. The van der Waals surface area contributed by atoms with Crippen LogP contribution in [0.25, 0.3) is 22.0 Å². The van der Waals surface area contributed by atoms with Gasteiger partial charge in [-0.2, -0.15) is 0 Å². The molecule has 3 aliphatic rings. The molecule has 9 nitrogen and oxygen atoms in total. The summed E-state index contributed by atoms with van der Waals surface area (Å²) >= 11 is 8.50. The minimum Gasteiger partial charge on any atom is -0.496 e. The highest BCUT2D eigenvalue weighted by Crippen LogP contribution is 2.43. The van der Waals surface area contributed by atoms with Gasteiger partial charge in [0.1, 0.15) is 17.4 Å². The molecule has 0 unspecified atom stereocenters. The minimum absolute atomic E-state index is 0.0128. The largest absolute Gasteiger partial charge is 0.496 e. The molecule has 11 heteroatoms. The van der Waals surface area contributed by atoms with Crippen molar-refractivity contribution in [3.63, 3.8) is 0 Å². The molecule has 2 N–H and O–H groups in total. The van der Waals surface area contributed by atoms with Crippen LogP contribution in [0.15, 0.2) is 41.8 Å². The molecule has 1 atom stereocenters. The Morgan fingerprint density at radius 1 is 1.05 bits per heavy atom. The van der Waals surface area contributed by atoms with Crippen LogP contribution >= 0.6 is 22.9 Å². The smallest absolute Gasteiger partial charge is 0.225 e. The van der Waals surface area contributed by atoms with E-state index in [4.69, 9.17) is 31.0 Å². The Hall–Kier alpha value is -3.28. The van der Waals surface area contributed by atoms with Crippen molar-refractivity contribution in [2.24, 2.45) is 11.8 Å². The van der Waals surface area contributed by atoms with Crippen molar-refractivity contribution >= 4 is 45.6 Å². The van der Waals surface area contributed by atoms with Crippen molar-refractivity contribution in [1.29, 1.82) is 0 Å². The summed E-state index contributed by atoms with van der Waals surface area (Å²) < 4.78 is 12.3. The molecule has 0 bridgehead atoms. The predicted octanol–water partition coefficient (Wildman–Crippen LogP) is 9.62. The van der Waals surface area contributed by atoms with Crippen LogP contribution in [0.2, 0.25) is 5.02 Å². The van der Waals surface area contributed by atoms with E-state index in [1.54, 1.807) is 18.4 Å². The molecule has 4 heterocycles. The number of nitrogens with zero attached hydrogens (tertiary/aromatic N) is 4. The van der Waals surface area contributed by atoms with Crippen molar-refractivity contribution in [2.45, 2.75) is 103 Å². The molecular weight excluding hydrogens is 740 g/mol. The molecule has 2 aliphatic heterocycles. The van der Waals surface area contributed by atoms with E-state index in [0.29, 0.717) is 17.6 Å². The molecule has 302 valence electrons. The second-order valence-electron chi connectivity index (χ2n) is 16.6. The Kier molecular flexibility index (Phi) is 13.9. The SMILES string of the molecule is COc1cc2nc(C)nc(N[C@H](C)c3cc(-c4c(Cl)cccc4CN(C)C)cs3)c2cc1C1CCC(C(=O)N2CCC(OCCCC3CCNCC3)CC2)CC1. The van der Waals surface area contributed by atoms with Crippen molar-refractivity contribution in [3.8, 4) is 16.9 Å². The van der Waals surface area contributed by atoms with E-state index in [2.05, 4.69) is 71.1 Å². The van der Waals surface area contributed by atoms with Crippen LogP contribution in [0.1, 0.15) is 105 Å². The number of methoxy groups -OCH3 is 1. The maximum Gasteiger partial charge on any atom is 0.225 e. The Balaban J connectivity index is 0.972. The lowest BCUT2D eigenvalue weighted by molar-refractivity contribution is -0.139. The van der Waals surface area contributed by atoms with E-state index in [9.17, 15) is 4.79 Å². The van der Waals surface area contributed by atoms with Crippen LogP contribution in [-0.2, 0) is 16.1 Å². The third-order valence-corrected chi connectivity index (χ3v) is 13.7. The van der Waals surface area contributed by atoms with E-state index >= 15 is 0 Å². The summed E-state index contributed by atoms with van der Waals surface area (Å²) in [5.74, 6) is 3.98. The van der Waals surface area contributed by atoms with Crippen LogP contribution in [-0.4, -0.2) is 85.8 Å². The number of likely N-dealkylation sites (tertiary alicyclic amines) is 1. The number of amides is 1. The van der Waals surface area contributed by atoms with Gasteiger partial charge in [0.25, 0.3) is 0 Å². The molecular formula is C45H61ClN6O3S. The van der Waals surface area contributed by atoms with Gasteiger partial charge in [-0.25, -0.2) is 9.97 Å². The molecule has 3 fully saturated rings. The fraction of sp³-hybridized carbons (Fsp3) is 0.578. The van der Waals surface area contributed by atoms with Gasteiger partial charge < -0.3 is 29.9 Å². The van der Waals surface area contributed by atoms with Crippen molar-refractivity contribution in [1.82, 2.24) is 25.1 Å². The monoisotopic (exact) mass is 800 g/mol. The molecule has 2 aromatic heterocycles. The number of rotatable bonds is 14. The standard InChI is InChI=1S/C45H61ClN6O3S/c1-29(42-24-35(28-56-42)43-34(27-51(3)4)9-6-10-39(43)46)48-44-38-25-37(41(54-5)26-40(38)49-30(2)50-44)32-11-13-33(14-12-32)45(53)52-21-17-36(18-22-52)55-23-7-8-31-15-19-47-20-16-31/h6,9-10,24-26,28-29,31-33,36,47H,7-8,11-23,27H2,1-5H3,(H,48,49,50)/t29-,32?,33?/m1/s1. The lowest BCUT2D eigenvalue weighted by Gasteiger charge is -2.36. The van der Waals surface area contributed by atoms with Crippen molar-refractivity contribution in [3.05, 3.63) is 68.6 Å². The van der Waals surface area contributed by atoms with E-state index in [0.717, 1.165) is 129 Å². The number of aryl methyl sites for hydroxylation is 1. The zero-order chi connectivity index (χ0) is 39.2. The number of fused-ring (bicyclic) bond motifs is 1. The number of nitrogens with one attached hydrogen (secondary N) is 2. The lowest BCUT2D eigenvalue weighted by atomic mass is 9.77. The van der Waals surface area contributed by atoms with Gasteiger partial charge in [-0.15, -0.1) is 11.3 Å². The molecule has 2 aromatic carbocycles. The van der Waals surface area contributed by atoms with Gasteiger partial charge in [-0.3, -0.25) is 4.79 Å². The molecule has 1 saturated carbocycles. The summed E-state index contributed by atoms with van der Waals surface area (Å²) in [5.41, 5.74) is 5.48. The molecule has 0 spiro atoms. The highest BCUT2D eigenvalue weighted by molar-refractivity contribution is 7.10. The number of hydrogen-bond donors (Lipinski definition) is 2. The number of anilines is 1. The molecule has 0 radical (unpaired) electrons. The maximum atomic E-state index is 13.7. The summed E-state index contributed by atoms with van der Waals surface area (Å²) in [4.78, 5) is 28.9. The first-order valence-electron chi connectivity index (χ1n) is 20.9. The van der Waals surface area contributed by atoms with Crippen LogP contribution in [0.4, 0.5) is 5.82 Å². The quantitative estimate of drug-likeness (QED) is 0.122. The van der Waals surface area contributed by atoms with Gasteiger partial charge >= 0.3 is 0 Å². The second kappa shape index (κ2) is 19.0. The highest BCUT2D eigenvalue weighted by Gasteiger charge is 2.33. The molecule has 4 aromatic rings. The van der Waals surface area contributed by atoms with Gasteiger partial charge in [0, 0.05) is 59.1 Å². The average Bonchev–Trinajstić information content (AvgIpc) is 3.69. The lowest BCUT2D eigenvalue weighted by Crippen LogP contribution is -2.44. The zero-order valence-corrected chi connectivity index (χ0v) is 35.6. The first kappa shape index (κ1) is 40.9. The number of aromatic nitrogens is 2. The number of piperidine rings is 2. The van der Waals surface area contributed by atoms with Gasteiger partial charge in [0.05, 0.1) is 24.8 Å². The number of carbonyl (C=O) groups is 1. The van der Waals surface area contributed by atoms with E-state index in [-0.39, 0.29) is 18.1 Å². The van der Waals surface area contributed by atoms with Gasteiger partial charge in [0.15, 0.2) is 0 Å². The van der Waals surface area contributed by atoms with Crippen LogP contribution in [0.3, 0.4) is 0 Å². The highest BCUT2D eigenvalue weighted by atomic mass is 35.5. The van der Waals surface area contributed by atoms with E-state index in [1.165, 1.54) is 35.3 Å². The first-order chi connectivity index (χ1) is 27.2. The minimum atomic E-state index is 0.0128. The number of halogens is 1. The summed E-state index contributed by atoms with van der Waals surface area (Å²) in [6, 6.07) is 12.7. The van der Waals surface area contributed by atoms with Gasteiger partial charge in [-0.05, 0) is 157 Å². The first-order valence-corrected chi connectivity index (χ1v) is 22.2. The fourth-order valence-electron chi connectivity index (χ4n) is 9.19. The number of thiophene rings is 1. The van der Waals surface area contributed by atoms with Crippen molar-refractivity contribution < 1.29 is 14.3 Å². The number of carbonyl (C=O) groups excluding carboxylic acids is 1. The molecule has 1 aliphatic carbocycles. The van der Waals surface area contributed by atoms with E-state index in [1.807, 2.05) is 19.1 Å². The Bertz CT molecular complexity index is 1930. The summed E-state index contributed by atoms with van der Waals surface area (Å²) in [5, 5.41) is 11.2. The number of benzene rings is 2. The van der Waals surface area contributed by atoms with Crippen LogP contribution in [0.5, 0.6) is 5.75 Å².